The van der Waals surface area contributed by atoms with Gasteiger partial charge in [-0.05, 0) is 6.07 Å². The number of hydrogen-bond acceptors (Lipinski definition) is 13. The molecule has 0 aliphatic carbocycles. The molecule has 3 N–H and O–H groups in total. The molecular weight excluding hydrogens is 594 g/mol. The first-order valence-electron chi connectivity index (χ1n) is 13.7. The molecule has 234 valence electrons. The van der Waals surface area contributed by atoms with Gasteiger partial charge in [-0.2, -0.15) is 0 Å². The number of hydrogen-bond donors (Lipinski definition) is 2. The highest BCUT2D eigenvalue weighted by molar-refractivity contribution is 5.81. The van der Waals surface area contributed by atoms with Crippen LogP contribution in [-0.2, 0) is 36.8 Å². The van der Waals surface area contributed by atoms with Gasteiger partial charge in [0.15, 0.2) is 11.5 Å². The third-order valence-corrected chi connectivity index (χ3v) is 7.25. The number of benzene rings is 2. The Morgan fingerprint density at radius 2 is 1.69 bits per heavy atom. The molecule has 0 saturated carbocycles. The highest BCUT2D eigenvalue weighted by Crippen LogP contribution is 2.37. The van der Waals surface area contributed by atoms with Crippen LogP contribution in [0.25, 0.3) is 11.2 Å². The number of nitrogens with zero attached hydrogens (tertiary/aromatic N) is 6. The Kier molecular flexibility index (Phi) is 9.20. The fourth-order valence-electron chi connectivity index (χ4n) is 5.15. The molecule has 3 heterocycles. The monoisotopic (exact) mass is 621 g/mol. The summed E-state index contributed by atoms with van der Waals surface area (Å²) in [5.41, 5.74) is 6.73. The molecule has 1 saturated heterocycles. The average molecular weight is 622 g/mol. The van der Waals surface area contributed by atoms with Gasteiger partial charge in [-0.15, -0.1) is 0 Å². The first kappa shape index (κ1) is 30.9. The van der Waals surface area contributed by atoms with Gasteiger partial charge in [0.25, 0.3) is 11.4 Å². The molecule has 2 aromatic heterocycles. The van der Waals surface area contributed by atoms with Crippen LogP contribution in [0.2, 0.25) is 0 Å². The largest absolute Gasteiger partial charge is 0.481 e. The fourth-order valence-corrected chi connectivity index (χ4v) is 5.15. The van der Waals surface area contributed by atoms with E-state index in [-0.39, 0.29) is 47.8 Å². The Morgan fingerprint density at radius 1 is 1.02 bits per heavy atom. The first-order valence-corrected chi connectivity index (χ1v) is 13.7. The van der Waals surface area contributed by atoms with Crippen molar-refractivity contribution in [2.75, 3.05) is 5.73 Å². The van der Waals surface area contributed by atoms with Crippen LogP contribution in [0.15, 0.2) is 61.2 Å². The molecule has 17 nitrogen and oxygen atoms in total. The summed E-state index contributed by atoms with van der Waals surface area (Å²) >= 11 is 0. The number of nitrogen functional groups attached to an aromatic ring is 1. The van der Waals surface area contributed by atoms with Crippen LogP contribution in [-0.4, -0.2) is 64.7 Å². The van der Waals surface area contributed by atoms with Crippen molar-refractivity contribution in [2.45, 2.75) is 56.8 Å². The van der Waals surface area contributed by atoms with E-state index in [1.54, 1.807) is 22.8 Å². The predicted octanol–water partition coefficient (Wildman–Crippen LogP) is 3.12. The molecule has 0 amide bonds. The summed E-state index contributed by atoms with van der Waals surface area (Å²) in [4.78, 5) is 58.6. The van der Waals surface area contributed by atoms with E-state index < -0.39 is 59.2 Å². The van der Waals surface area contributed by atoms with E-state index in [4.69, 9.17) is 25.1 Å². The lowest BCUT2D eigenvalue weighted by Crippen LogP contribution is -2.40. The Morgan fingerprint density at radius 3 is 2.38 bits per heavy atom. The van der Waals surface area contributed by atoms with Gasteiger partial charge in [-0.25, -0.2) is 15.0 Å². The minimum atomic E-state index is -1.19. The number of ether oxygens (including phenoxy) is 3. The number of imidazole rings is 1. The average Bonchev–Trinajstić information content (AvgIpc) is 3.63. The summed E-state index contributed by atoms with van der Waals surface area (Å²) in [6.07, 6.45) is -2.22. The number of aliphatic carboxylic acids is 1. The second-order valence-corrected chi connectivity index (χ2v) is 10.1. The third kappa shape index (κ3) is 7.00. The van der Waals surface area contributed by atoms with E-state index in [0.717, 1.165) is 0 Å². The van der Waals surface area contributed by atoms with E-state index in [1.807, 2.05) is 0 Å². The summed E-state index contributed by atoms with van der Waals surface area (Å²) in [6.45, 7) is -0.273. The molecule has 0 spiro atoms. The van der Waals surface area contributed by atoms with Crippen LogP contribution < -0.4 is 5.73 Å². The lowest BCUT2D eigenvalue weighted by atomic mass is 9.98. The van der Waals surface area contributed by atoms with Crippen molar-refractivity contribution in [3.05, 3.63) is 92.5 Å². The molecule has 1 aliphatic rings. The summed E-state index contributed by atoms with van der Waals surface area (Å²) < 4.78 is 19.9. The number of carbonyl (C=O) groups is 2. The highest BCUT2D eigenvalue weighted by Gasteiger charge is 2.45. The topological polar surface area (TPSA) is 238 Å². The van der Waals surface area contributed by atoms with Gasteiger partial charge < -0.3 is 25.1 Å². The Bertz CT molecular complexity index is 1750. The van der Waals surface area contributed by atoms with Crippen LogP contribution in [0.3, 0.4) is 0 Å². The van der Waals surface area contributed by atoms with Crippen LogP contribution in [0, 0.1) is 20.2 Å². The number of carboxylic acids is 1. The smallest absolute Gasteiger partial charge is 0.306 e. The second-order valence-electron chi connectivity index (χ2n) is 10.1. The van der Waals surface area contributed by atoms with E-state index in [1.165, 1.54) is 43.0 Å². The molecule has 1 fully saturated rings. The number of rotatable bonds is 13. The maximum absolute atomic E-state index is 12.7. The number of carbonyl (C=O) groups excluding carboxylic acids is 1. The van der Waals surface area contributed by atoms with Crippen LogP contribution in [0.1, 0.15) is 36.6 Å². The van der Waals surface area contributed by atoms with Crippen molar-refractivity contribution in [2.24, 2.45) is 0 Å². The summed E-state index contributed by atoms with van der Waals surface area (Å²) in [5, 5.41) is 32.5. The number of carboxylic acid groups (broad SMARTS) is 1. The molecule has 1 unspecified atom stereocenters. The van der Waals surface area contributed by atoms with Crippen LogP contribution in [0.4, 0.5) is 17.2 Å². The van der Waals surface area contributed by atoms with Gasteiger partial charge in [-0.1, -0.05) is 30.3 Å². The zero-order valence-electron chi connectivity index (χ0n) is 23.5. The highest BCUT2D eigenvalue weighted by atomic mass is 16.6. The predicted molar refractivity (Wildman–Crippen MR) is 153 cm³/mol. The van der Waals surface area contributed by atoms with Gasteiger partial charge in [-0.3, -0.25) is 34.4 Å². The fraction of sp³-hybridized carbons (Fsp3) is 0.321. The summed E-state index contributed by atoms with van der Waals surface area (Å²) in [6, 6.07) is 12.0. The standard InChI is InChI=1S/C28H27N7O10/c29-27-25-28(31-14-30-27)33(15-32-25)22-12-21(44-24(38)10-9-23(36)37)26(45-22)20(11-16-5-1-3-7-18(16)34(39)40)43-13-17-6-2-4-8-19(17)35(41)42/h1-8,14-15,20-22,26H,9-13H2,(H,36,37)(H2,29,30,31)/t20?,21-,22+,26+/m0/s1. The van der Waals surface area contributed by atoms with Crippen molar-refractivity contribution in [1.29, 1.82) is 0 Å². The quantitative estimate of drug-likeness (QED) is 0.124. The Labute approximate surface area is 253 Å². The summed E-state index contributed by atoms with van der Waals surface area (Å²) in [5.74, 6) is -1.86. The van der Waals surface area contributed by atoms with Crippen LogP contribution >= 0.6 is 0 Å². The first-order chi connectivity index (χ1) is 21.6. The summed E-state index contributed by atoms with van der Waals surface area (Å²) in [7, 11) is 0. The number of aromatic nitrogens is 4. The van der Waals surface area contributed by atoms with Crippen molar-refractivity contribution >= 4 is 40.3 Å². The molecule has 4 atom stereocenters. The Balaban J connectivity index is 1.51. The third-order valence-electron chi connectivity index (χ3n) is 7.25. The molecule has 0 radical (unpaired) electrons. The number of nitro benzene ring substituents is 2. The minimum absolute atomic E-state index is 0.0427. The lowest BCUT2D eigenvalue weighted by molar-refractivity contribution is -0.386. The molecular formula is C28H27N7O10. The number of esters is 1. The number of nitro groups is 2. The molecule has 17 heteroatoms. The molecule has 5 rings (SSSR count). The number of para-hydroxylation sites is 2. The van der Waals surface area contributed by atoms with Gasteiger partial charge >= 0.3 is 11.9 Å². The molecule has 2 aromatic carbocycles. The number of anilines is 1. The maximum Gasteiger partial charge on any atom is 0.306 e. The van der Waals surface area contributed by atoms with E-state index >= 15 is 0 Å². The van der Waals surface area contributed by atoms with Gasteiger partial charge in [0.05, 0.1) is 47.3 Å². The van der Waals surface area contributed by atoms with Gasteiger partial charge in [0.2, 0.25) is 0 Å². The van der Waals surface area contributed by atoms with Crippen molar-refractivity contribution < 1.29 is 38.8 Å². The number of fused-ring (bicyclic) bond motifs is 1. The SMILES string of the molecule is Nc1ncnc2c1ncn2[C@H]1C[C@H](OC(=O)CCC(=O)O)[C@@H](C(Cc2ccccc2[N+](=O)[O-])OCc2ccccc2[N+](=O)[O-])O1. The minimum Gasteiger partial charge on any atom is -0.481 e. The van der Waals surface area contributed by atoms with E-state index in [2.05, 4.69) is 15.0 Å². The van der Waals surface area contributed by atoms with Gasteiger partial charge in [0.1, 0.15) is 30.3 Å². The second kappa shape index (κ2) is 13.4. The van der Waals surface area contributed by atoms with Crippen molar-refractivity contribution in [1.82, 2.24) is 19.5 Å². The van der Waals surface area contributed by atoms with Crippen molar-refractivity contribution in [3.63, 3.8) is 0 Å². The van der Waals surface area contributed by atoms with E-state index in [9.17, 15) is 29.8 Å². The normalized spacial score (nSPS) is 18.4. The zero-order valence-corrected chi connectivity index (χ0v) is 23.5. The van der Waals surface area contributed by atoms with E-state index in [0.29, 0.717) is 11.2 Å². The molecule has 4 aromatic rings. The van der Waals surface area contributed by atoms with Gasteiger partial charge in [0, 0.05) is 30.5 Å². The number of nitrogens with two attached hydrogens (primary N) is 1. The molecule has 45 heavy (non-hydrogen) atoms. The molecule has 1 aliphatic heterocycles. The maximum atomic E-state index is 12.7. The lowest BCUT2D eigenvalue weighted by Gasteiger charge is -2.28. The Hall–Kier alpha value is -5.55. The van der Waals surface area contributed by atoms with Crippen molar-refractivity contribution in [3.8, 4) is 0 Å². The van der Waals surface area contributed by atoms with Crippen LogP contribution in [0.5, 0.6) is 0 Å². The molecule has 0 bridgehead atoms. The zero-order chi connectivity index (χ0) is 32.1.